The molecule has 2 aliphatic heterocycles. The number of nitrogens with one attached hydrogen (secondary N) is 1. The van der Waals surface area contributed by atoms with Crippen LogP contribution in [-0.4, -0.2) is 50.3 Å². The predicted octanol–water partition coefficient (Wildman–Crippen LogP) is 1.92. The molecule has 2 aliphatic rings. The van der Waals surface area contributed by atoms with Gasteiger partial charge >= 0.3 is 0 Å². The average molecular weight is 379 g/mol. The van der Waals surface area contributed by atoms with Gasteiger partial charge in [0.1, 0.15) is 5.69 Å². The maximum Gasteiger partial charge on any atom is 0.293 e. The van der Waals surface area contributed by atoms with Crippen LogP contribution in [0, 0.1) is 20.8 Å². The fourth-order valence-electron chi connectivity index (χ4n) is 4.11. The number of hydrazine groups is 1. The van der Waals surface area contributed by atoms with Crippen molar-refractivity contribution in [3.8, 4) is 0 Å². The van der Waals surface area contributed by atoms with E-state index in [0.717, 1.165) is 25.2 Å². The number of amides is 2. The second-order valence-corrected chi connectivity index (χ2v) is 8.00. The van der Waals surface area contributed by atoms with Gasteiger partial charge in [0.15, 0.2) is 0 Å². The summed E-state index contributed by atoms with van der Waals surface area (Å²) in [5.74, 6) is -0.423. The van der Waals surface area contributed by atoms with Gasteiger partial charge in [-0.2, -0.15) is 0 Å². The van der Waals surface area contributed by atoms with Gasteiger partial charge in [-0.25, -0.2) is 9.99 Å². The molecule has 1 aromatic heterocycles. The predicted molar refractivity (Wildman–Crippen MR) is 104 cm³/mol. The fraction of sp³-hybridized carbons (Fsp3) is 0.429. The Kier molecular flexibility index (Phi) is 4.63. The zero-order valence-electron chi connectivity index (χ0n) is 16.5. The van der Waals surface area contributed by atoms with Crippen molar-refractivity contribution in [1.82, 2.24) is 25.3 Å². The first-order chi connectivity index (χ1) is 13.4. The van der Waals surface area contributed by atoms with Gasteiger partial charge in [0.05, 0.1) is 23.9 Å². The molecule has 0 aliphatic carbocycles. The van der Waals surface area contributed by atoms with E-state index in [4.69, 9.17) is 0 Å². The Morgan fingerprint density at radius 3 is 2.71 bits per heavy atom. The van der Waals surface area contributed by atoms with Gasteiger partial charge in [0.2, 0.25) is 5.91 Å². The monoisotopic (exact) mass is 379 g/mol. The van der Waals surface area contributed by atoms with E-state index in [1.54, 1.807) is 6.20 Å². The summed E-state index contributed by atoms with van der Waals surface area (Å²) < 4.78 is 0. The number of likely N-dealkylation sites (tertiary alicyclic amines) is 1. The minimum absolute atomic E-state index is 0.124. The zero-order valence-corrected chi connectivity index (χ0v) is 16.5. The lowest BCUT2D eigenvalue weighted by Gasteiger charge is -2.33. The number of aromatic nitrogens is 2. The van der Waals surface area contributed by atoms with Crippen LogP contribution in [-0.2, 0) is 11.3 Å². The Labute approximate surface area is 164 Å². The number of carbonyl (C=O) groups is 2. The molecule has 2 saturated heterocycles. The number of benzene rings is 1. The molecule has 1 spiro atoms. The summed E-state index contributed by atoms with van der Waals surface area (Å²) in [6, 6.07) is 6.50. The number of rotatable bonds is 3. The highest BCUT2D eigenvalue weighted by Crippen LogP contribution is 2.35. The third kappa shape index (κ3) is 3.38. The normalized spacial score (nSPS) is 22.1. The Morgan fingerprint density at radius 2 is 2.00 bits per heavy atom. The van der Waals surface area contributed by atoms with Gasteiger partial charge < -0.3 is 0 Å². The van der Waals surface area contributed by atoms with E-state index in [2.05, 4.69) is 52.3 Å². The van der Waals surface area contributed by atoms with Crippen LogP contribution >= 0.6 is 0 Å². The van der Waals surface area contributed by atoms with Gasteiger partial charge in [-0.3, -0.25) is 24.9 Å². The molecule has 1 aromatic carbocycles. The molecule has 28 heavy (non-hydrogen) atoms. The standard InChI is InChI=1S/C21H25N5O2/c1-14-4-5-17(8-15(14)2)12-25-7-6-21(13-25)9-19(27)24-26(21)20(28)18-11-22-16(3)10-23-18/h4-5,8,10-11H,6-7,9,12-13H2,1-3H3,(H,24,27). The van der Waals surface area contributed by atoms with Crippen LogP contribution in [0.15, 0.2) is 30.6 Å². The molecule has 1 unspecified atom stereocenters. The van der Waals surface area contributed by atoms with Crippen molar-refractivity contribution in [1.29, 1.82) is 0 Å². The molecule has 7 nitrogen and oxygen atoms in total. The third-order valence-electron chi connectivity index (χ3n) is 5.79. The first-order valence-corrected chi connectivity index (χ1v) is 9.57. The number of carbonyl (C=O) groups excluding carboxylic acids is 2. The van der Waals surface area contributed by atoms with Gasteiger partial charge in [0, 0.05) is 25.8 Å². The lowest BCUT2D eigenvalue weighted by molar-refractivity contribution is -0.120. The average Bonchev–Trinajstić information content (AvgIpc) is 3.21. The summed E-state index contributed by atoms with van der Waals surface area (Å²) in [6.45, 7) is 8.35. The van der Waals surface area contributed by atoms with E-state index in [9.17, 15) is 9.59 Å². The molecule has 2 fully saturated rings. The van der Waals surface area contributed by atoms with E-state index in [0.29, 0.717) is 13.0 Å². The molecule has 4 rings (SSSR count). The minimum Gasteiger partial charge on any atom is -0.297 e. The van der Waals surface area contributed by atoms with Crippen LogP contribution in [0.3, 0.4) is 0 Å². The molecule has 1 N–H and O–H groups in total. The van der Waals surface area contributed by atoms with Crippen molar-refractivity contribution in [3.05, 3.63) is 58.7 Å². The summed E-state index contributed by atoms with van der Waals surface area (Å²) in [6.07, 6.45) is 4.11. The fourth-order valence-corrected chi connectivity index (χ4v) is 4.11. The van der Waals surface area contributed by atoms with Gasteiger partial charge in [0.25, 0.3) is 5.91 Å². The lowest BCUT2D eigenvalue weighted by atomic mass is 9.94. The Bertz CT molecular complexity index is 927. The summed E-state index contributed by atoms with van der Waals surface area (Å²) in [4.78, 5) is 35.9. The first-order valence-electron chi connectivity index (χ1n) is 9.57. The molecule has 146 valence electrons. The SMILES string of the molecule is Cc1cnc(C(=O)N2NC(=O)CC23CCN(Cc2ccc(C)c(C)c2)C3)cn1. The maximum atomic E-state index is 13.0. The molecule has 2 aromatic rings. The molecule has 0 saturated carbocycles. The highest BCUT2D eigenvalue weighted by molar-refractivity contribution is 5.96. The van der Waals surface area contributed by atoms with E-state index in [1.807, 2.05) is 6.92 Å². The van der Waals surface area contributed by atoms with Crippen molar-refractivity contribution in [2.24, 2.45) is 0 Å². The van der Waals surface area contributed by atoms with Crippen LogP contribution < -0.4 is 5.43 Å². The molecule has 1 atom stereocenters. The topological polar surface area (TPSA) is 78.4 Å². The number of aryl methyl sites for hydroxylation is 3. The van der Waals surface area contributed by atoms with Crippen molar-refractivity contribution < 1.29 is 9.59 Å². The van der Waals surface area contributed by atoms with Gasteiger partial charge in [-0.05, 0) is 43.9 Å². The van der Waals surface area contributed by atoms with Crippen molar-refractivity contribution in [2.75, 3.05) is 13.1 Å². The van der Waals surface area contributed by atoms with E-state index in [1.165, 1.54) is 27.9 Å². The second-order valence-electron chi connectivity index (χ2n) is 8.00. The molecular formula is C21H25N5O2. The number of hydrogen-bond donors (Lipinski definition) is 1. The maximum absolute atomic E-state index is 13.0. The molecular weight excluding hydrogens is 354 g/mol. The minimum atomic E-state index is -0.527. The van der Waals surface area contributed by atoms with Gasteiger partial charge in [-0.1, -0.05) is 18.2 Å². The number of hydrogen-bond acceptors (Lipinski definition) is 5. The van der Waals surface area contributed by atoms with Crippen LogP contribution in [0.2, 0.25) is 0 Å². The smallest absolute Gasteiger partial charge is 0.293 e. The van der Waals surface area contributed by atoms with Crippen LogP contribution in [0.4, 0.5) is 0 Å². The van der Waals surface area contributed by atoms with Gasteiger partial charge in [-0.15, -0.1) is 0 Å². The molecule has 0 bridgehead atoms. The summed E-state index contributed by atoms with van der Waals surface area (Å²) >= 11 is 0. The summed E-state index contributed by atoms with van der Waals surface area (Å²) in [7, 11) is 0. The van der Waals surface area contributed by atoms with Crippen molar-refractivity contribution in [2.45, 2.75) is 45.7 Å². The quantitative estimate of drug-likeness (QED) is 0.882. The molecule has 3 heterocycles. The van der Waals surface area contributed by atoms with E-state index in [-0.39, 0.29) is 17.5 Å². The molecule has 2 amide bonds. The van der Waals surface area contributed by atoms with Crippen LogP contribution in [0.25, 0.3) is 0 Å². The third-order valence-corrected chi connectivity index (χ3v) is 5.79. The first kappa shape index (κ1) is 18.6. The Balaban J connectivity index is 1.52. The van der Waals surface area contributed by atoms with Crippen molar-refractivity contribution in [3.63, 3.8) is 0 Å². The molecule has 7 heteroatoms. The molecule has 0 radical (unpaired) electrons. The highest BCUT2D eigenvalue weighted by atomic mass is 16.2. The Hall–Kier alpha value is -2.80. The van der Waals surface area contributed by atoms with Crippen molar-refractivity contribution >= 4 is 11.8 Å². The lowest BCUT2D eigenvalue weighted by Crippen LogP contribution is -2.53. The van der Waals surface area contributed by atoms with E-state index >= 15 is 0 Å². The number of nitrogens with zero attached hydrogens (tertiary/aromatic N) is 4. The zero-order chi connectivity index (χ0) is 19.9. The Morgan fingerprint density at radius 1 is 1.18 bits per heavy atom. The van der Waals surface area contributed by atoms with E-state index < -0.39 is 5.54 Å². The summed E-state index contributed by atoms with van der Waals surface area (Å²) in [5, 5.41) is 1.50. The summed E-state index contributed by atoms with van der Waals surface area (Å²) in [5.41, 5.74) is 7.03. The highest BCUT2D eigenvalue weighted by Gasteiger charge is 2.52. The van der Waals surface area contributed by atoms with Crippen LogP contribution in [0.5, 0.6) is 0 Å². The largest absolute Gasteiger partial charge is 0.297 e. The van der Waals surface area contributed by atoms with Crippen LogP contribution in [0.1, 0.15) is 45.7 Å². The second kappa shape index (κ2) is 6.98.